The van der Waals surface area contributed by atoms with Crippen LogP contribution in [0.25, 0.3) is 0 Å². The second kappa shape index (κ2) is 12.0. The van der Waals surface area contributed by atoms with Gasteiger partial charge in [0, 0.05) is 19.0 Å². The summed E-state index contributed by atoms with van der Waals surface area (Å²) in [5, 5.41) is 19.0. The molecule has 1 unspecified atom stereocenters. The number of likely N-dealkylation sites (N-methyl/N-ethyl adjacent to an activating group) is 1. The molecule has 0 aromatic heterocycles. The van der Waals surface area contributed by atoms with Gasteiger partial charge in [-0.3, -0.25) is 4.79 Å². The van der Waals surface area contributed by atoms with E-state index in [0.717, 1.165) is 18.4 Å². The molecule has 0 aliphatic rings. The lowest BCUT2D eigenvalue weighted by atomic mass is 10.0. The van der Waals surface area contributed by atoms with E-state index in [1.807, 2.05) is 56.1 Å². The summed E-state index contributed by atoms with van der Waals surface area (Å²) in [7, 11) is 0. The van der Waals surface area contributed by atoms with Crippen LogP contribution in [0.2, 0.25) is 0 Å². The van der Waals surface area contributed by atoms with Crippen molar-refractivity contribution in [3.8, 4) is 11.5 Å². The van der Waals surface area contributed by atoms with Gasteiger partial charge in [0.15, 0.2) is 11.5 Å². The lowest BCUT2D eigenvalue weighted by Crippen LogP contribution is -2.39. The normalized spacial score (nSPS) is 13.0. The maximum Gasteiger partial charge on any atom is 0.222 e. The molecule has 0 fully saturated rings. The molecule has 26 heavy (non-hydrogen) atoms. The number of hydrogen-bond donors (Lipinski definition) is 2. The molecule has 0 radical (unpaired) electrons. The van der Waals surface area contributed by atoms with Crippen LogP contribution in [0.1, 0.15) is 45.6 Å². The highest BCUT2D eigenvalue weighted by Gasteiger charge is 2.18. The van der Waals surface area contributed by atoms with Crippen molar-refractivity contribution in [1.29, 1.82) is 0 Å². The fourth-order valence-corrected chi connectivity index (χ4v) is 2.81. The molecule has 0 spiro atoms. The first-order valence-corrected chi connectivity index (χ1v) is 9.24. The summed E-state index contributed by atoms with van der Waals surface area (Å²) in [6.07, 6.45) is 14.9. The predicted molar refractivity (Wildman–Crippen MR) is 107 cm³/mol. The fourth-order valence-electron chi connectivity index (χ4n) is 2.81. The first kappa shape index (κ1) is 21.6. The van der Waals surface area contributed by atoms with E-state index < -0.39 is 0 Å². The van der Waals surface area contributed by atoms with Crippen LogP contribution in [-0.4, -0.2) is 33.6 Å². The first-order valence-electron chi connectivity index (χ1n) is 9.24. The number of carbonyl (C=O) groups excluding carboxylic acids is 1. The van der Waals surface area contributed by atoms with E-state index in [1.165, 1.54) is 6.07 Å². The first-order chi connectivity index (χ1) is 12.5. The average Bonchev–Trinajstić information content (AvgIpc) is 2.61. The van der Waals surface area contributed by atoms with Crippen LogP contribution < -0.4 is 0 Å². The quantitative estimate of drug-likeness (QED) is 0.361. The molecule has 0 aliphatic carbocycles. The second-order valence-corrected chi connectivity index (χ2v) is 6.29. The molecule has 4 nitrogen and oxygen atoms in total. The zero-order valence-electron chi connectivity index (χ0n) is 16.1. The van der Waals surface area contributed by atoms with Gasteiger partial charge in [0.1, 0.15) is 0 Å². The number of amides is 1. The van der Waals surface area contributed by atoms with E-state index in [4.69, 9.17) is 0 Å². The Morgan fingerprint density at radius 2 is 1.88 bits per heavy atom. The maximum atomic E-state index is 12.5. The van der Waals surface area contributed by atoms with Crippen LogP contribution in [0.4, 0.5) is 0 Å². The number of aromatic hydroxyl groups is 2. The van der Waals surface area contributed by atoms with Crippen LogP contribution in [-0.2, 0) is 11.2 Å². The lowest BCUT2D eigenvalue weighted by molar-refractivity contribution is -0.133. The number of nitrogens with zero attached hydrogens (tertiary/aromatic N) is 1. The van der Waals surface area contributed by atoms with E-state index >= 15 is 0 Å². The lowest BCUT2D eigenvalue weighted by Gasteiger charge is -2.28. The number of hydrogen-bond acceptors (Lipinski definition) is 3. The summed E-state index contributed by atoms with van der Waals surface area (Å²) < 4.78 is 0. The van der Waals surface area contributed by atoms with Gasteiger partial charge in [-0.1, -0.05) is 42.5 Å². The van der Waals surface area contributed by atoms with Crippen molar-refractivity contribution in [3.05, 3.63) is 60.2 Å². The fraction of sp³-hybridized carbons (Fsp3) is 0.409. The Labute approximate surface area is 157 Å². The number of phenols is 2. The molecule has 0 aliphatic heterocycles. The summed E-state index contributed by atoms with van der Waals surface area (Å²) in [5.41, 5.74) is 0.898. The minimum absolute atomic E-state index is 0.0377. The van der Waals surface area contributed by atoms with Crippen molar-refractivity contribution in [2.24, 2.45) is 0 Å². The zero-order chi connectivity index (χ0) is 19.4. The van der Waals surface area contributed by atoms with Crippen LogP contribution >= 0.6 is 0 Å². The molecule has 1 aromatic rings. The minimum Gasteiger partial charge on any atom is -0.504 e. The topological polar surface area (TPSA) is 60.8 Å². The third-order valence-electron chi connectivity index (χ3n) is 4.19. The van der Waals surface area contributed by atoms with Gasteiger partial charge in [-0.2, -0.15) is 0 Å². The Balaban J connectivity index is 2.47. The SMILES string of the molecule is C/C=C/C=C\C=C\CCCC(=O)N(CC)C(C)Cc1ccc(O)c(O)c1. The van der Waals surface area contributed by atoms with Crippen LogP contribution in [0.15, 0.2) is 54.7 Å². The largest absolute Gasteiger partial charge is 0.504 e. The van der Waals surface area contributed by atoms with Crippen molar-refractivity contribution in [2.45, 2.75) is 52.5 Å². The molecule has 2 N–H and O–H groups in total. The molecule has 0 heterocycles. The molecule has 1 aromatic carbocycles. The Kier molecular flexibility index (Phi) is 9.91. The van der Waals surface area contributed by atoms with Crippen molar-refractivity contribution in [1.82, 2.24) is 4.90 Å². The summed E-state index contributed by atoms with van der Waals surface area (Å²) in [5.74, 6) is -0.0985. The molecule has 0 saturated heterocycles. The van der Waals surface area contributed by atoms with Gasteiger partial charge in [0.2, 0.25) is 5.91 Å². The molecular formula is C22H31NO3. The van der Waals surface area contributed by atoms with E-state index in [-0.39, 0.29) is 23.4 Å². The summed E-state index contributed by atoms with van der Waals surface area (Å²) in [4.78, 5) is 14.4. The van der Waals surface area contributed by atoms with Crippen molar-refractivity contribution in [3.63, 3.8) is 0 Å². The highest BCUT2D eigenvalue weighted by Crippen LogP contribution is 2.26. The molecule has 1 rings (SSSR count). The van der Waals surface area contributed by atoms with E-state index in [0.29, 0.717) is 19.4 Å². The van der Waals surface area contributed by atoms with Gasteiger partial charge in [0.25, 0.3) is 0 Å². The second-order valence-electron chi connectivity index (χ2n) is 6.29. The Morgan fingerprint density at radius 3 is 2.54 bits per heavy atom. The van der Waals surface area contributed by atoms with E-state index in [9.17, 15) is 15.0 Å². The van der Waals surface area contributed by atoms with Gasteiger partial charge in [0.05, 0.1) is 0 Å². The van der Waals surface area contributed by atoms with Gasteiger partial charge >= 0.3 is 0 Å². The van der Waals surface area contributed by atoms with Crippen molar-refractivity contribution >= 4 is 5.91 Å². The highest BCUT2D eigenvalue weighted by molar-refractivity contribution is 5.76. The Bertz CT molecular complexity index is 647. The highest BCUT2D eigenvalue weighted by atomic mass is 16.3. The molecule has 1 atom stereocenters. The van der Waals surface area contributed by atoms with Gasteiger partial charge in [-0.05, 0) is 57.7 Å². The third-order valence-corrected chi connectivity index (χ3v) is 4.19. The molecule has 142 valence electrons. The smallest absolute Gasteiger partial charge is 0.222 e. The van der Waals surface area contributed by atoms with Crippen LogP contribution in [0.5, 0.6) is 11.5 Å². The maximum absolute atomic E-state index is 12.5. The predicted octanol–water partition coefficient (Wildman–Crippen LogP) is 4.74. The number of allylic oxidation sites excluding steroid dienone is 6. The number of rotatable bonds is 10. The summed E-state index contributed by atoms with van der Waals surface area (Å²) >= 11 is 0. The molecule has 1 amide bonds. The van der Waals surface area contributed by atoms with Crippen LogP contribution in [0, 0.1) is 0 Å². The van der Waals surface area contributed by atoms with Crippen LogP contribution in [0.3, 0.4) is 0 Å². The monoisotopic (exact) mass is 357 g/mol. The summed E-state index contributed by atoms with van der Waals surface area (Å²) in [6.45, 7) is 6.63. The number of phenolic OH excluding ortho intramolecular Hbond substituents is 2. The Hall–Kier alpha value is -2.49. The minimum atomic E-state index is -0.126. The molecule has 0 saturated carbocycles. The average molecular weight is 357 g/mol. The number of carbonyl (C=O) groups is 1. The number of unbranched alkanes of at least 4 members (excludes halogenated alkanes) is 1. The number of benzene rings is 1. The summed E-state index contributed by atoms with van der Waals surface area (Å²) in [6, 6.07) is 4.84. The van der Waals surface area contributed by atoms with Crippen molar-refractivity contribution < 1.29 is 15.0 Å². The molecular weight excluding hydrogens is 326 g/mol. The Morgan fingerprint density at radius 1 is 1.15 bits per heavy atom. The van der Waals surface area contributed by atoms with E-state index in [1.54, 1.807) is 12.1 Å². The molecule has 0 bridgehead atoms. The zero-order valence-corrected chi connectivity index (χ0v) is 16.1. The van der Waals surface area contributed by atoms with E-state index in [2.05, 4.69) is 6.08 Å². The van der Waals surface area contributed by atoms with Gasteiger partial charge < -0.3 is 15.1 Å². The van der Waals surface area contributed by atoms with Crippen molar-refractivity contribution in [2.75, 3.05) is 6.54 Å². The van der Waals surface area contributed by atoms with Gasteiger partial charge in [-0.25, -0.2) is 0 Å². The third kappa shape index (κ3) is 7.60. The van der Waals surface area contributed by atoms with Gasteiger partial charge in [-0.15, -0.1) is 0 Å². The standard InChI is InChI=1S/C22H31NO3/c1-4-6-7-8-9-10-11-12-13-22(26)23(5-2)18(3)16-19-14-15-20(24)21(25)17-19/h4,6-10,14-15,17-18,24-25H,5,11-13,16H2,1-3H3/b6-4+,8-7-,10-9+. The molecule has 4 heteroatoms.